The predicted octanol–water partition coefficient (Wildman–Crippen LogP) is 9.72. The summed E-state index contributed by atoms with van der Waals surface area (Å²) >= 11 is 0. The second-order valence-electron chi connectivity index (χ2n) is 12.6. The molecule has 3 heterocycles. The van der Waals surface area contributed by atoms with Crippen LogP contribution in [0.1, 0.15) is 36.8 Å². The fraction of sp³-hybridized carbons (Fsp3) is 0.100. The van der Waals surface area contributed by atoms with E-state index < -0.39 is 6.23 Å². The molecule has 6 aromatic carbocycles. The van der Waals surface area contributed by atoms with Crippen molar-refractivity contribution in [3.05, 3.63) is 138 Å². The molecular weight excluding hydrogens is 524 g/mol. The summed E-state index contributed by atoms with van der Waals surface area (Å²) in [7, 11) is 0. The van der Waals surface area contributed by atoms with Crippen molar-refractivity contribution < 1.29 is 5.11 Å². The Balaban J connectivity index is 1.41. The van der Waals surface area contributed by atoms with Gasteiger partial charge in [0.1, 0.15) is 0 Å². The second-order valence-corrected chi connectivity index (χ2v) is 12.6. The first-order chi connectivity index (χ1) is 21.0. The van der Waals surface area contributed by atoms with Gasteiger partial charge in [0.2, 0.25) is 0 Å². The van der Waals surface area contributed by atoms with Crippen LogP contribution >= 0.6 is 0 Å². The molecule has 1 N–H and O–H groups in total. The topological polar surface area (TPSA) is 30.1 Å². The first kappa shape index (κ1) is 23.4. The Kier molecular flexibility index (Phi) is 4.27. The number of nitrogens with zero attached hydrogens (tertiary/aromatic N) is 2. The third-order valence-electron chi connectivity index (χ3n) is 10.2. The van der Waals surface area contributed by atoms with E-state index in [0.29, 0.717) is 0 Å². The summed E-state index contributed by atoms with van der Waals surface area (Å²) < 4.78 is 4.63. The van der Waals surface area contributed by atoms with E-state index in [1.54, 1.807) is 0 Å². The molecule has 43 heavy (non-hydrogen) atoms. The predicted molar refractivity (Wildman–Crippen MR) is 177 cm³/mol. The first-order valence-corrected chi connectivity index (χ1v) is 15.0. The van der Waals surface area contributed by atoms with Gasteiger partial charge in [0.15, 0.2) is 6.23 Å². The maximum Gasteiger partial charge on any atom is 0.158 e. The maximum atomic E-state index is 11.7. The molecule has 0 bridgehead atoms. The summed E-state index contributed by atoms with van der Waals surface area (Å²) in [6.07, 6.45) is -0.729. The van der Waals surface area contributed by atoms with Crippen LogP contribution in [0.25, 0.3) is 71.6 Å². The molecule has 1 atom stereocenters. The van der Waals surface area contributed by atoms with Gasteiger partial charge in [-0.25, -0.2) is 0 Å². The van der Waals surface area contributed by atoms with Crippen molar-refractivity contribution in [2.75, 3.05) is 0 Å². The highest BCUT2D eigenvalue weighted by Crippen LogP contribution is 2.53. The molecule has 0 amide bonds. The van der Waals surface area contributed by atoms with Crippen LogP contribution in [-0.4, -0.2) is 14.2 Å². The number of hydrogen-bond acceptors (Lipinski definition) is 1. The molecule has 3 heteroatoms. The van der Waals surface area contributed by atoms with Gasteiger partial charge in [0.25, 0.3) is 0 Å². The molecule has 1 aliphatic heterocycles. The summed E-state index contributed by atoms with van der Waals surface area (Å²) in [6, 6.07) is 43.9. The van der Waals surface area contributed by atoms with Crippen molar-refractivity contribution in [1.29, 1.82) is 0 Å². The normalized spacial score (nSPS) is 16.2. The van der Waals surface area contributed by atoms with E-state index in [-0.39, 0.29) is 5.41 Å². The van der Waals surface area contributed by atoms with Crippen molar-refractivity contribution >= 4 is 43.6 Å². The van der Waals surface area contributed by atoms with Crippen molar-refractivity contribution in [3.8, 4) is 27.9 Å². The molecule has 8 aromatic rings. The molecule has 10 rings (SSSR count). The van der Waals surface area contributed by atoms with Gasteiger partial charge in [0, 0.05) is 43.8 Å². The monoisotopic (exact) mass is 552 g/mol. The van der Waals surface area contributed by atoms with Gasteiger partial charge in [-0.15, -0.1) is 0 Å². The third kappa shape index (κ3) is 2.74. The smallest absolute Gasteiger partial charge is 0.158 e. The Labute approximate surface area is 248 Å². The number of para-hydroxylation sites is 2. The molecule has 0 spiro atoms. The highest BCUT2D eigenvalue weighted by atomic mass is 16.3. The minimum absolute atomic E-state index is 0.150. The van der Waals surface area contributed by atoms with Crippen LogP contribution < -0.4 is 0 Å². The summed E-state index contributed by atoms with van der Waals surface area (Å²) in [5.74, 6) is 0. The molecule has 0 radical (unpaired) electrons. The average Bonchev–Trinajstić information content (AvgIpc) is 3.64. The van der Waals surface area contributed by atoms with Gasteiger partial charge in [-0.2, -0.15) is 0 Å². The van der Waals surface area contributed by atoms with Gasteiger partial charge >= 0.3 is 0 Å². The number of fused-ring (bicyclic) bond motifs is 12. The van der Waals surface area contributed by atoms with Gasteiger partial charge < -0.3 is 14.2 Å². The van der Waals surface area contributed by atoms with Crippen molar-refractivity contribution in [3.63, 3.8) is 0 Å². The molecule has 1 unspecified atom stereocenters. The molecular formula is C40H28N2O. The van der Waals surface area contributed by atoms with Crippen LogP contribution in [0, 0.1) is 0 Å². The van der Waals surface area contributed by atoms with E-state index in [1.807, 2.05) is 6.07 Å². The highest BCUT2D eigenvalue weighted by Gasteiger charge is 2.38. The molecule has 0 saturated carbocycles. The first-order valence-electron chi connectivity index (χ1n) is 15.0. The third-order valence-corrected chi connectivity index (χ3v) is 10.2. The van der Waals surface area contributed by atoms with Crippen molar-refractivity contribution in [2.24, 2.45) is 0 Å². The SMILES string of the molecule is CC1(C)c2ccccc2-c2ccc3c4ccccc4n(-c4cc5c6c(c4)c4ccccc4n6C(O)c4ccccc4-5)c3c21. The lowest BCUT2D eigenvalue weighted by Crippen LogP contribution is -2.17. The van der Waals surface area contributed by atoms with Crippen molar-refractivity contribution in [1.82, 2.24) is 9.13 Å². The zero-order chi connectivity index (χ0) is 28.6. The Bertz CT molecular complexity index is 2510. The molecule has 1 aliphatic carbocycles. The molecule has 0 fully saturated rings. The number of aliphatic hydroxyl groups is 1. The second kappa shape index (κ2) is 7.83. The van der Waals surface area contributed by atoms with E-state index in [9.17, 15) is 5.11 Å². The lowest BCUT2D eigenvalue weighted by molar-refractivity contribution is 0.155. The quantitative estimate of drug-likeness (QED) is 0.216. The lowest BCUT2D eigenvalue weighted by Gasteiger charge is -2.27. The van der Waals surface area contributed by atoms with Crippen LogP contribution in [0.5, 0.6) is 0 Å². The van der Waals surface area contributed by atoms with E-state index in [2.05, 4.69) is 138 Å². The Morgan fingerprint density at radius 3 is 2.07 bits per heavy atom. The van der Waals surface area contributed by atoms with E-state index in [4.69, 9.17) is 0 Å². The van der Waals surface area contributed by atoms with Crippen LogP contribution in [0.15, 0.2) is 121 Å². The Morgan fingerprint density at radius 2 is 1.23 bits per heavy atom. The van der Waals surface area contributed by atoms with Crippen LogP contribution in [-0.2, 0) is 5.41 Å². The number of benzene rings is 6. The van der Waals surface area contributed by atoms with Gasteiger partial charge in [-0.1, -0.05) is 111 Å². The summed E-state index contributed by atoms with van der Waals surface area (Å²) in [5, 5.41) is 16.5. The number of aliphatic hydroxyl groups excluding tert-OH is 1. The van der Waals surface area contributed by atoms with E-state index in [0.717, 1.165) is 44.2 Å². The number of aromatic nitrogens is 2. The number of rotatable bonds is 1. The number of hydrogen-bond donors (Lipinski definition) is 1. The summed E-state index contributed by atoms with van der Waals surface area (Å²) in [6.45, 7) is 4.74. The van der Waals surface area contributed by atoms with Crippen LogP contribution in [0.2, 0.25) is 0 Å². The largest absolute Gasteiger partial charge is 0.369 e. The summed E-state index contributed by atoms with van der Waals surface area (Å²) in [5.41, 5.74) is 14.2. The van der Waals surface area contributed by atoms with Gasteiger partial charge in [0.05, 0.1) is 22.1 Å². The Hall–Kier alpha value is -5.12. The fourth-order valence-corrected chi connectivity index (χ4v) is 8.39. The average molecular weight is 553 g/mol. The molecule has 2 aliphatic rings. The van der Waals surface area contributed by atoms with E-state index >= 15 is 0 Å². The maximum absolute atomic E-state index is 11.7. The fourth-order valence-electron chi connectivity index (χ4n) is 8.39. The minimum atomic E-state index is -0.729. The zero-order valence-electron chi connectivity index (χ0n) is 24.0. The van der Waals surface area contributed by atoms with Crippen LogP contribution in [0.4, 0.5) is 0 Å². The molecule has 204 valence electrons. The van der Waals surface area contributed by atoms with Crippen molar-refractivity contribution in [2.45, 2.75) is 25.5 Å². The van der Waals surface area contributed by atoms with E-state index in [1.165, 1.54) is 44.1 Å². The van der Waals surface area contributed by atoms with Gasteiger partial charge in [-0.3, -0.25) is 0 Å². The minimum Gasteiger partial charge on any atom is -0.369 e. The molecule has 0 saturated heterocycles. The summed E-state index contributed by atoms with van der Waals surface area (Å²) in [4.78, 5) is 0. The highest BCUT2D eigenvalue weighted by molar-refractivity contribution is 6.17. The molecule has 2 aromatic heterocycles. The zero-order valence-corrected chi connectivity index (χ0v) is 24.0. The Morgan fingerprint density at radius 1 is 0.558 bits per heavy atom. The standard InChI is InChI=1S/C40H28N2O/c1-40(2)33-16-8-5-12-25(33)28-19-20-29-26-13-6-9-17-34(26)41(38(29)36(28)40)23-21-31-24-11-3-4-15-30(24)39(43)42-35-18-10-7-14-27(35)32(22-23)37(31)42/h3-22,39,43H,1-2H3. The van der Waals surface area contributed by atoms with Gasteiger partial charge in [-0.05, 0) is 52.1 Å². The molecule has 3 nitrogen and oxygen atoms in total. The van der Waals surface area contributed by atoms with Crippen LogP contribution in [0.3, 0.4) is 0 Å². The lowest BCUT2D eigenvalue weighted by atomic mass is 9.81.